The molecule has 0 aliphatic heterocycles. The molecule has 0 aromatic rings. The van der Waals surface area contributed by atoms with Gasteiger partial charge in [0.25, 0.3) is 6.29 Å². The lowest BCUT2D eigenvalue weighted by atomic mass is 10.0. The zero-order valence-electron chi connectivity index (χ0n) is 50.8. The average Bonchev–Trinajstić information content (AvgIpc) is 3.41. The zero-order chi connectivity index (χ0) is 56.9. The van der Waals surface area contributed by atoms with Gasteiger partial charge in [0.1, 0.15) is 13.2 Å². The van der Waals surface area contributed by atoms with Gasteiger partial charge in [0.2, 0.25) is 0 Å². The second kappa shape index (κ2) is 59.1. The van der Waals surface area contributed by atoms with Crippen LogP contribution in [0.4, 0.5) is 0 Å². The van der Waals surface area contributed by atoms with Gasteiger partial charge in [-0.05, 0) is 103 Å². The monoisotopic (exact) mass is 1090 g/mol. The van der Waals surface area contributed by atoms with E-state index in [0.717, 1.165) is 109 Å². The Morgan fingerprint density at radius 1 is 0.397 bits per heavy atom. The number of aliphatic carboxylic acids is 1. The van der Waals surface area contributed by atoms with Gasteiger partial charge in [0.15, 0.2) is 6.10 Å². The Hall–Kier alpha value is -4.05. The summed E-state index contributed by atoms with van der Waals surface area (Å²) < 4.78 is 22.8. The van der Waals surface area contributed by atoms with Gasteiger partial charge in [-0.1, -0.05) is 245 Å². The van der Waals surface area contributed by atoms with Crippen LogP contribution in [0.1, 0.15) is 251 Å². The molecule has 0 aliphatic rings. The van der Waals surface area contributed by atoms with Crippen LogP contribution in [0.2, 0.25) is 0 Å². The van der Waals surface area contributed by atoms with E-state index in [1.54, 1.807) is 0 Å². The van der Waals surface area contributed by atoms with Gasteiger partial charge >= 0.3 is 17.9 Å². The van der Waals surface area contributed by atoms with E-state index in [-0.39, 0.29) is 38.6 Å². The summed E-state index contributed by atoms with van der Waals surface area (Å²) in [4.78, 5) is 37.3. The quantitative estimate of drug-likeness (QED) is 0.0211. The van der Waals surface area contributed by atoms with Crippen molar-refractivity contribution in [1.29, 1.82) is 0 Å². The summed E-state index contributed by atoms with van der Waals surface area (Å²) in [5, 5.41) is 9.69. The molecule has 0 heterocycles. The van der Waals surface area contributed by atoms with Crippen LogP contribution in [0.25, 0.3) is 0 Å². The van der Waals surface area contributed by atoms with Crippen molar-refractivity contribution in [3.05, 3.63) is 109 Å². The number of likely N-dealkylation sites (N-methyl/N-ethyl adjacent to an activating group) is 1. The third-order valence-electron chi connectivity index (χ3n) is 13.3. The number of nitrogens with zero attached hydrogens (tertiary/aromatic N) is 1. The molecule has 0 saturated carbocycles. The molecule has 0 bridgehead atoms. The third kappa shape index (κ3) is 59.6. The Morgan fingerprint density at radius 3 is 1.10 bits per heavy atom. The van der Waals surface area contributed by atoms with Crippen LogP contribution in [0.5, 0.6) is 0 Å². The maximum absolute atomic E-state index is 12.9. The average molecular weight is 1090 g/mol. The van der Waals surface area contributed by atoms with Crippen LogP contribution in [0, 0.1) is 0 Å². The number of ether oxygens (including phenoxy) is 4. The first-order valence-corrected chi connectivity index (χ1v) is 31.6. The number of hydrogen-bond donors (Lipinski definition) is 1. The van der Waals surface area contributed by atoms with Gasteiger partial charge in [-0.25, -0.2) is 4.79 Å². The van der Waals surface area contributed by atoms with Crippen LogP contribution in [0.15, 0.2) is 109 Å². The van der Waals surface area contributed by atoms with Crippen molar-refractivity contribution >= 4 is 17.9 Å². The molecule has 0 aromatic heterocycles. The fourth-order valence-corrected chi connectivity index (χ4v) is 8.44. The highest BCUT2D eigenvalue weighted by molar-refractivity contribution is 5.71. The first kappa shape index (κ1) is 74.0. The van der Waals surface area contributed by atoms with Crippen LogP contribution < -0.4 is 0 Å². The number of quaternary nitrogens is 1. The molecule has 0 fully saturated rings. The van der Waals surface area contributed by atoms with Gasteiger partial charge in [0, 0.05) is 12.8 Å². The Morgan fingerprint density at radius 2 is 0.731 bits per heavy atom. The van der Waals surface area contributed by atoms with E-state index in [4.69, 9.17) is 18.9 Å². The first-order chi connectivity index (χ1) is 38.1. The van der Waals surface area contributed by atoms with Crippen molar-refractivity contribution in [2.75, 3.05) is 47.5 Å². The molecule has 0 aromatic carbocycles. The third-order valence-corrected chi connectivity index (χ3v) is 13.3. The summed E-state index contributed by atoms with van der Waals surface area (Å²) in [6.45, 7) is 4.72. The van der Waals surface area contributed by atoms with Crippen LogP contribution >= 0.6 is 0 Å². The molecule has 2 atom stereocenters. The number of allylic oxidation sites excluding steroid dienone is 18. The minimum Gasteiger partial charge on any atom is -0.477 e. The lowest BCUT2D eigenvalue weighted by Crippen LogP contribution is -2.40. The summed E-state index contributed by atoms with van der Waals surface area (Å²) >= 11 is 0. The maximum atomic E-state index is 12.9. The summed E-state index contributed by atoms with van der Waals surface area (Å²) in [5.74, 6) is -2.02. The topological polar surface area (TPSA) is 108 Å². The molecule has 0 aliphatic carbocycles. The maximum Gasteiger partial charge on any atom is 0.361 e. The molecule has 0 spiro atoms. The number of rotatable bonds is 57. The fourth-order valence-electron chi connectivity index (χ4n) is 8.44. The molecule has 0 amide bonds. The number of esters is 2. The number of unbranched alkanes of at least 4 members (excludes halogenated alkanes) is 24. The SMILES string of the molecule is CC/C=C\C/C=C\C/C=C\C/C=C\C/C=C\C/C=C\C/C=C\C/C=C\CCCCCCCCCCCCCCCCCCC(=O)OC(COC(=O)CCCCCCC/C=C\CCCCC)COC(OCC[N+](C)(C)C)C(=O)O. The summed E-state index contributed by atoms with van der Waals surface area (Å²) in [7, 11) is 5.96. The molecule has 0 rings (SSSR count). The van der Waals surface area contributed by atoms with Crippen molar-refractivity contribution in [1.82, 2.24) is 0 Å². The molecule has 446 valence electrons. The molecule has 0 saturated heterocycles. The molecule has 9 nitrogen and oxygen atoms in total. The minimum atomic E-state index is -1.51. The summed E-state index contributed by atoms with van der Waals surface area (Å²) in [6, 6.07) is 0. The lowest BCUT2D eigenvalue weighted by molar-refractivity contribution is -0.870. The van der Waals surface area contributed by atoms with E-state index in [2.05, 4.69) is 123 Å². The Kier molecular flexibility index (Phi) is 56.0. The number of carboxylic acid groups (broad SMARTS) is 1. The number of carboxylic acids is 1. The van der Waals surface area contributed by atoms with Gasteiger partial charge in [-0.3, -0.25) is 9.59 Å². The van der Waals surface area contributed by atoms with Crippen molar-refractivity contribution in [3.8, 4) is 0 Å². The van der Waals surface area contributed by atoms with E-state index in [1.807, 2.05) is 21.1 Å². The molecule has 1 N–H and O–H groups in total. The first-order valence-electron chi connectivity index (χ1n) is 31.6. The smallest absolute Gasteiger partial charge is 0.361 e. The molecule has 9 heteroatoms. The van der Waals surface area contributed by atoms with Crippen LogP contribution in [-0.4, -0.2) is 87.4 Å². The second-order valence-electron chi connectivity index (χ2n) is 22.0. The van der Waals surface area contributed by atoms with E-state index in [9.17, 15) is 19.5 Å². The minimum absolute atomic E-state index is 0.184. The van der Waals surface area contributed by atoms with Gasteiger partial charge in [-0.15, -0.1) is 0 Å². The largest absolute Gasteiger partial charge is 0.477 e. The predicted molar refractivity (Wildman–Crippen MR) is 332 cm³/mol. The van der Waals surface area contributed by atoms with E-state index < -0.39 is 24.3 Å². The molecule has 78 heavy (non-hydrogen) atoms. The highest BCUT2D eigenvalue weighted by Gasteiger charge is 2.25. The Labute approximate surface area is 479 Å². The molecular weight excluding hydrogens is 971 g/mol. The molecule has 0 radical (unpaired) electrons. The number of hydrogen-bond acceptors (Lipinski definition) is 7. The van der Waals surface area contributed by atoms with Gasteiger partial charge in [0.05, 0.1) is 34.4 Å². The Bertz CT molecular complexity index is 1640. The second-order valence-corrected chi connectivity index (χ2v) is 22.0. The van der Waals surface area contributed by atoms with Crippen molar-refractivity contribution in [3.63, 3.8) is 0 Å². The van der Waals surface area contributed by atoms with Gasteiger partial charge < -0.3 is 28.5 Å². The summed E-state index contributed by atoms with van der Waals surface area (Å²) in [5.41, 5.74) is 0. The van der Waals surface area contributed by atoms with E-state index >= 15 is 0 Å². The zero-order valence-corrected chi connectivity index (χ0v) is 50.8. The summed E-state index contributed by atoms with van der Waals surface area (Å²) in [6.07, 6.45) is 79.1. The van der Waals surface area contributed by atoms with Gasteiger partial charge in [-0.2, -0.15) is 0 Å². The molecular formula is C69H118NO8+. The van der Waals surface area contributed by atoms with E-state index in [0.29, 0.717) is 11.0 Å². The van der Waals surface area contributed by atoms with Crippen LogP contribution in [-0.2, 0) is 33.3 Å². The number of carbonyl (C=O) groups excluding carboxylic acids is 2. The fraction of sp³-hybridized carbons (Fsp3) is 0.696. The highest BCUT2D eigenvalue weighted by atomic mass is 16.7. The van der Waals surface area contributed by atoms with Crippen LogP contribution in [0.3, 0.4) is 0 Å². The predicted octanol–water partition coefficient (Wildman–Crippen LogP) is 19.1. The van der Waals surface area contributed by atoms with E-state index in [1.165, 1.54) is 116 Å². The molecule has 2 unspecified atom stereocenters. The normalized spacial score (nSPS) is 13.5. The van der Waals surface area contributed by atoms with Crippen molar-refractivity contribution in [2.24, 2.45) is 0 Å². The standard InChI is InChI=1S/C69H117NO8/c1-6-8-10-12-14-16-18-20-21-22-23-24-25-26-27-28-29-30-31-32-33-34-35-36-37-38-39-40-41-42-43-44-45-46-47-48-50-52-54-56-58-60-67(72)78-65(64-77-69(68(73)74)75-62-61-70(3,4)5)63-76-66(71)59-57-55-53-51-49-19-17-15-13-11-9-7-2/h8,10,14-17,20-21,23-24,26-27,29-30,32-33,35-36,65,69H,6-7,9,11-13,18-19,22,25,28,31,34,37-64H2,1-5H3/p+1/b10-8-,16-14-,17-15-,21-20-,24-23-,27-26-,30-29-,33-32-,36-35-. The lowest BCUT2D eigenvalue weighted by Gasteiger charge is -2.25. The number of carbonyl (C=O) groups is 3. The highest BCUT2D eigenvalue weighted by Crippen LogP contribution is 2.16. The van der Waals surface area contributed by atoms with Crippen molar-refractivity contribution in [2.45, 2.75) is 264 Å². The Balaban J connectivity index is 4.01. The van der Waals surface area contributed by atoms with Crippen molar-refractivity contribution < 1.29 is 42.9 Å².